The molecule has 0 unspecified atom stereocenters. The average Bonchev–Trinajstić information content (AvgIpc) is 2.69. The Bertz CT molecular complexity index is 911. The van der Waals surface area contributed by atoms with E-state index in [4.69, 9.17) is 4.74 Å². The Morgan fingerprint density at radius 2 is 1.77 bits per heavy atom. The van der Waals surface area contributed by atoms with E-state index in [2.05, 4.69) is 24.8 Å². The van der Waals surface area contributed by atoms with Crippen LogP contribution in [0.1, 0.15) is 6.92 Å². The summed E-state index contributed by atoms with van der Waals surface area (Å²) in [5.74, 6) is 2.02. The molecule has 0 atom stereocenters. The van der Waals surface area contributed by atoms with E-state index in [-0.39, 0.29) is 5.82 Å². The van der Waals surface area contributed by atoms with Crippen LogP contribution in [-0.2, 0) is 0 Å². The summed E-state index contributed by atoms with van der Waals surface area (Å²) in [7, 11) is 0. The second-order valence-corrected chi connectivity index (χ2v) is 6.07. The number of anilines is 2. The average molecular weight is 353 g/mol. The van der Waals surface area contributed by atoms with Gasteiger partial charge in [-0.25, -0.2) is 14.4 Å². The number of aromatic nitrogens is 3. The number of fused-ring (bicyclic) bond motifs is 1. The molecule has 0 amide bonds. The van der Waals surface area contributed by atoms with Gasteiger partial charge in [0.1, 0.15) is 29.3 Å². The Balaban J connectivity index is 1.52. The molecule has 134 valence electrons. The number of para-hydroxylation sites is 1. The summed E-state index contributed by atoms with van der Waals surface area (Å²) < 4.78 is 19.5. The molecule has 3 aromatic rings. The van der Waals surface area contributed by atoms with Crippen LogP contribution in [0.25, 0.3) is 10.9 Å². The fraction of sp³-hybridized carbons (Fsp3) is 0.316. The number of pyridine rings is 1. The Hall–Kier alpha value is -2.96. The molecule has 0 spiro atoms. The van der Waals surface area contributed by atoms with E-state index in [1.807, 2.05) is 31.2 Å². The number of rotatable bonds is 4. The lowest BCUT2D eigenvalue weighted by Gasteiger charge is -2.36. The van der Waals surface area contributed by atoms with Crippen molar-refractivity contribution in [2.45, 2.75) is 6.92 Å². The minimum absolute atomic E-state index is 0.318. The van der Waals surface area contributed by atoms with E-state index in [9.17, 15) is 4.39 Å². The summed E-state index contributed by atoms with van der Waals surface area (Å²) in [6, 6.07) is 10.8. The fourth-order valence-corrected chi connectivity index (χ4v) is 3.25. The van der Waals surface area contributed by atoms with Crippen LogP contribution in [0.3, 0.4) is 0 Å². The van der Waals surface area contributed by atoms with Gasteiger partial charge in [0, 0.05) is 37.6 Å². The van der Waals surface area contributed by atoms with E-state index in [1.165, 1.54) is 12.4 Å². The van der Waals surface area contributed by atoms with Gasteiger partial charge in [0.25, 0.3) is 0 Å². The molecule has 0 radical (unpaired) electrons. The molecule has 0 saturated carbocycles. The first-order valence-electron chi connectivity index (χ1n) is 8.75. The van der Waals surface area contributed by atoms with Crippen molar-refractivity contribution in [3.8, 4) is 5.88 Å². The number of halogens is 1. The molecule has 7 heteroatoms. The Labute approximate surface area is 151 Å². The van der Waals surface area contributed by atoms with Gasteiger partial charge in [-0.1, -0.05) is 12.1 Å². The van der Waals surface area contributed by atoms with Gasteiger partial charge < -0.3 is 14.5 Å². The Kier molecular flexibility index (Phi) is 4.51. The molecule has 0 aliphatic carbocycles. The van der Waals surface area contributed by atoms with Crippen molar-refractivity contribution in [1.29, 1.82) is 0 Å². The maximum Gasteiger partial charge on any atom is 0.215 e. The van der Waals surface area contributed by atoms with Crippen LogP contribution in [0.2, 0.25) is 0 Å². The summed E-state index contributed by atoms with van der Waals surface area (Å²) in [4.78, 5) is 17.4. The van der Waals surface area contributed by atoms with Crippen LogP contribution in [0.5, 0.6) is 5.88 Å². The molecule has 4 rings (SSSR count). The fourth-order valence-electron chi connectivity index (χ4n) is 3.25. The number of hydrogen-bond donors (Lipinski definition) is 0. The molecular formula is C19H20FN5O. The second kappa shape index (κ2) is 7.11. The van der Waals surface area contributed by atoms with Gasteiger partial charge in [-0.3, -0.25) is 0 Å². The van der Waals surface area contributed by atoms with Crippen LogP contribution < -0.4 is 14.5 Å². The van der Waals surface area contributed by atoms with Crippen LogP contribution in [0, 0.1) is 5.82 Å². The van der Waals surface area contributed by atoms with Crippen LogP contribution >= 0.6 is 0 Å². The van der Waals surface area contributed by atoms with Gasteiger partial charge in [-0.15, -0.1) is 0 Å². The van der Waals surface area contributed by atoms with Gasteiger partial charge in [0.05, 0.1) is 6.61 Å². The lowest BCUT2D eigenvalue weighted by molar-refractivity contribution is 0.327. The van der Waals surface area contributed by atoms with Crippen molar-refractivity contribution in [2.75, 3.05) is 42.6 Å². The molecule has 0 bridgehead atoms. The first kappa shape index (κ1) is 16.5. The third-order valence-electron chi connectivity index (χ3n) is 4.50. The van der Waals surface area contributed by atoms with Crippen molar-refractivity contribution < 1.29 is 9.13 Å². The lowest BCUT2D eigenvalue weighted by Crippen LogP contribution is -2.47. The SMILES string of the molecule is CCOc1cccc(N2CCN(c3ncnc4c(F)cccc34)CC2)n1. The van der Waals surface area contributed by atoms with E-state index >= 15 is 0 Å². The first-order chi connectivity index (χ1) is 12.8. The molecule has 1 fully saturated rings. The molecule has 26 heavy (non-hydrogen) atoms. The maximum absolute atomic E-state index is 14.0. The van der Waals surface area contributed by atoms with Crippen molar-refractivity contribution in [1.82, 2.24) is 15.0 Å². The van der Waals surface area contributed by atoms with E-state index in [0.717, 1.165) is 43.2 Å². The van der Waals surface area contributed by atoms with Gasteiger partial charge in [0.2, 0.25) is 5.88 Å². The van der Waals surface area contributed by atoms with Gasteiger partial charge >= 0.3 is 0 Å². The summed E-state index contributed by atoms with van der Waals surface area (Å²) in [6.07, 6.45) is 1.43. The predicted octanol–water partition coefficient (Wildman–Crippen LogP) is 2.89. The normalized spacial score (nSPS) is 14.7. The minimum Gasteiger partial charge on any atom is -0.478 e. The highest BCUT2D eigenvalue weighted by molar-refractivity contribution is 5.89. The van der Waals surface area contributed by atoms with Crippen molar-refractivity contribution in [2.24, 2.45) is 0 Å². The lowest BCUT2D eigenvalue weighted by atomic mass is 10.2. The summed E-state index contributed by atoms with van der Waals surface area (Å²) in [6.45, 7) is 5.72. The van der Waals surface area contributed by atoms with E-state index in [1.54, 1.807) is 6.07 Å². The van der Waals surface area contributed by atoms with Crippen LogP contribution in [-0.4, -0.2) is 47.7 Å². The van der Waals surface area contributed by atoms with Gasteiger partial charge in [-0.05, 0) is 25.1 Å². The smallest absolute Gasteiger partial charge is 0.215 e. The predicted molar refractivity (Wildman–Crippen MR) is 99.3 cm³/mol. The van der Waals surface area contributed by atoms with Crippen molar-refractivity contribution in [3.05, 3.63) is 48.5 Å². The third-order valence-corrected chi connectivity index (χ3v) is 4.50. The molecule has 1 aliphatic heterocycles. The second-order valence-electron chi connectivity index (χ2n) is 6.07. The quantitative estimate of drug-likeness (QED) is 0.719. The standard InChI is InChI=1S/C19H20FN5O/c1-2-26-17-8-4-7-16(23-17)24-9-11-25(12-10-24)19-14-5-3-6-15(20)18(14)21-13-22-19/h3-8,13H,2,9-12H2,1H3. The largest absolute Gasteiger partial charge is 0.478 e. The molecule has 0 N–H and O–H groups in total. The molecular weight excluding hydrogens is 333 g/mol. The van der Waals surface area contributed by atoms with Crippen molar-refractivity contribution in [3.63, 3.8) is 0 Å². The number of ether oxygens (including phenoxy) is 1. The monoisotopic (exact) mass is 353 g/mol. The molecule has 3 heterocycles. The van der Waals surface area contributed by atoms with Crippen molar-refractivity contribution >= 4 is 22.5 Å². The zero-order chi connectivity index (χ0) is 17.9. The molecule has 2 aromatic heterocycles. The topological polar surface area (TPSA) is 54.4 Å². The number of nitrogens with zero attached hydrogens (tertiary/aromatic N) is 5. The van der Waals surface area contributed by atoms with Gasteiger partial charge in [-0.2, -0.15) is 4.98 Å². The zero-order valence-corrected chi connectivity index (χ0v) is 14.6. The summed E-state index contributed by atoms with van der Waals surface area (Å²) >= 11 is 0. The molecule has 1 aromatic carbocycles. The highest BCUT2D eigenvalue weighted by atomic mass is 19.1. The third kappa shape index (κ3) is 3.12. The van der Waals surface area contributed by atoms with Crippen LogP contribution in [0.15, 0.2) is 42.7 Å². The maximum atomic E-state index is 14.0. The number of hydrogen-bond acceptors (Lipinski definition) is 6. The van der Waals surface area contributed by atoms with Gasteiger partial charge in [0.15, 0.2) is 0 Å². The Morgan fingerprint density at radius 3 is 2.58 bits per heavy atom. The van der Waals surface area contributed by atoms with E-state index in [0.29, 0.717) is 18.0 Å². The molecule has 1 saturated heterocycles. The number of benzene rings is 1. The molecule has 6 nitrogen and oxygen atoms in total. The Morgan fingerprint density at radius 1 is 1.00 bits per heavy atom. The highest BCUT2D eigenvalue weighted by Crippen LogP contribution is 2.26. The highest BCUT2D eigenvalue weighted by Gasteiger charge is 2.21. The summed E-state index contributed by atoms with van der Waals surface area (Å²) in [5.41, 5.74) is 0.367. The zero-order valence-electron chi connectivity index (χ0n) is 14.6. The molecule has 1 aliphatic rings. The minimum atomic E-state index is -0.318. The first-order valence-corrected chi connectivity index (χ1v) is 8.75. The summed E-state index contributed by atoms with van der Waals surface area (Å²) in [5, 5.41) is 0.748. The number of piperazine rings is 1. The van der Waals surface area contributed by atoms with Crippen LogP contribution in [0.4, 0.5) is 16.0 Å². The van der Waals surface area contributed by atoms with E-state index < -0.39 is 0 Å².